The maximum Gasteiger partial charge on any atom is 0.191 e. The van der Waals surface area contributed by atoms with Crippen molar-refractivity contribution in [2.24, 2.45) is 10.4 Å². The third-order valence-corrected chi connectivity index (χ3v) is 7.06. The molecule has 0 spiro atoms. The predicted molar refractivity (Wildman–Crippen MR) is 127 cm³/mol. The van der Waals surface area contributed by atoms with Gasteiger partial charge >= 0.3 is 0 Å². The summed E-state index contributed by atoms with van der Waals surface area (Å²) in [6.45, 7) is 10.2. The summed E-state index contributed by atoms with van der Waals surface area (Å²) in [6, 6.07) is 3.35. The molecule has 1 aliphatic carbocycles. The fraction of sp³-hybridized carbons (Fsp3) is 0.750. The SMILES string of the molecule is CCNC(=NCC1(CN2CCOCC2)CCCCC1)NC1CCN(c2ncccc2F)C1. The molecule has 3 aliphatic rings. The Hall–Kier alpha value is -1.93. The Morgan fingerprint density at radius 3 is 2.81 bits per heavy atom. The van der Waals surface area contributed by atoms with E-state index in [1.54, 1.807) is 12.3 Å². The summed E-state index contributed by atoms with van der Waals surface area (Å²) in [5.41, 5.74) is 0.261. The van der Waals surface area contributed by atoms with E-state index in [1.165, 1.54) is 38.2 Å². The van der Waals surface area contributed by atoms with Gasteiger partial charge in [-0.15, -0.1) is 0 Å². The van der Waals surface area contributed by atoms with E-state index in [1.807, 2.05) is 4.90 Å². The van der Waals surface area contributed by atoms with Crippen LogP contribution in [0.3, 0.4) is 0 Å². The van der Waals surface area contributed by atoms with Crippen LogP contribution in [0.15, 0.2) is 23.3 Å². The summed E-state index contributed by atoms with van der Waals surface area (Å²) in [4.78, 5) is 13.9. The van der Waals surface area contributed by atoms with Crippen LogP contribution in [0.2, 0.25) is 0 Å². The smallest absolute Gasteiger partial charge is 0.191 e. The van der Waals surface area contributed by atoms with Crippen molar-refractivity contribution in [1.29, 1.82) is 0 Å². The standard InChI is InChI=1S/C24H39FN6O/c1-2-26-23(29-20-8-12-31(17-20)22-21(25)7-6-11-27-22)28-18-24(9-4-3-5-10-24)19-30-13-15-32-16-14-30/h6-7,11,20H,2-5,8-10,12-19H2,1H3,(H2,26,28,29). The maximum atomic E-state index is 14.1. The number of pyridine rings is 1. The molecule has 0 amide bonds. The number of hydrogen-bond donors (Lipinski definition) is 2. The Labute approximate surface area is 191 Å². The zero-order valence-electron chi connectivity index (χ0n) is 19.5. The van der Waals surface area contributed by atoms with Crippen LogP contribution < -0.4 is 15.5 Å². The van der Waals surface area contributed by atoms with E-state index in [9.17, 15) is 4.39 Å². The molecule has 1 aromatic heterocycles. The lowest BCUT2D eigenvalue weighted by Gasteiger charge is -2.41. The van der Waals surface area contributed by atoms with Gasteiger partial charge in [0.15, 0.2) is 17.6 Å². The van der Waals surface area contributed by atoms with Crippen LogP contribution in [0.5, 0.6) is 0 Å². The highest BCUT2D eigenvalue weighted by Crippen LogP contribution is 2.37. The van der Waals surface area contributed by atoms with Gasteiger partial charge in [-0.1, -0.05) is 19.3 Å². The van der Waals surface area contributed by atoms with Gasteiger partial charge in [-0.2, -0.15) is 0 Å². The molecule has 1 saturated carbocycles. The second-order valence-corrected chi connectivity index (χ2v) is 9.53. The third-order valence-electron chi connectivity index (χ3n) is 7.06. The molecule has 2 saturated heterocycles. The lowest BCUT2D eigenvalue weighted by atomic mass is 9.73. The van der Waals surface area contributed by atoms with Crippen LogP contribution in [-0.2, 0) is 4.74 Å². The number of rotatable bonds is 7. The van der Waals surface area contributed by atoms with Crippen molar-refractivity contribution in [3.8, 4) is 0 Å². The number of nitrogens with one attached hydrogen (secondary N) is 2. The van der Waals surface area contributed by atoms with Gasteiger partial charge in [0.1, 0.15) is 0 Å². The minimum atomic E-state index is -0.254. The molecule has 4 rings (SSSR count). The number of halogens is 1. The highest BCUT2D eigenvalue weighted by Gasteiger charge is 2.34. The highest BCUT2D eigenvalue weighted by molar-refractivity contribution is 5.80. The van der Waals surface area contributed by atoms with Gasteiger partial charge < -0.3 is 20.3 Å². The maximum absolute atomic E-state index is 14.1. The monoisotopic (exact) mass is 446 g/mol. The fourth-order valence-corrected chi connectivity index (χ4v) is 5.34. The number of morpholine rings is 1. The van der Waals surface area contributed by atoms with E-state index in [0.717, 1.165) is 71.4 Å². The average Bonchev–Trinajstić information content (AvgIpc) is 3.27. The third kappa shape index (κ3) is 6.10. The number of guanidine groups is 1. The Kier molecular flexibility index (Phi) is 8.19. The first kappa shape index (κ1) is 23.2. The summed E-state index contributed by atoms with van der Waals surface area (Å²) < 4.78 is 19.7. The summed E-state index contributed by atoms with van der Waals surface area (Å²) in [5.74, 6) is 1.08. The molecular weight excluding hydrogens is 407 g/mol. The number of aliphatic imine (C=N–C) groups is 1. The van der Waals surface area contributed by atoms with Crippen molar-refractivity contribution >= 4 is 11.8 Å². The molecule has 8 heteroatoms. The van der Waals surface area contributed by atoms with E-state index in [4.69, 9.17) is 9.73 Å². The number of ether oxygens (including phenoxy) is 1. The second kappa shape index (κ2) is 11.3. The molecule has 0 radical (unpaired) electrons. The first-order valence-electron chi connectivity index (χ1n) is 12.4. The Balaban J connectivity index is 1.38. The summed E-state index contributed by atoms with van der Waals surface area (Å²) >= 11 is 0. The lowest BCUT2D eigenvalue weighted by molar-refractivity contribution is 0.00937. The number of aromatic nitrogens is 1. The van der Waals surface area contributed by atoms with Crippen molar-refractivity contribution in [2.75, 3.05) is 63.9 Å². The molecule has 2 N–H and O–H groups in total. The van der Waals surface area contributed by atoms with Crippen LogP contribution in [0, 0.1) is 11.2 Å². The molecule has 0 bridgehead atoms. The van der Waals surface area contributed by atoms with Gasteiger partial charge in [0.05, 0.1) is 13.2 Å². The largest absolute Gasteiger partial charge is 0.379 e. The average molecular weight is 447 g/mol. The molecule has 7 nitrogen and oxygen atoms in total. The van der Waals surface area contributed by atoms with Gasteiger partial charge in [0, 0.05) is 63.5 Å². The van der Waals surface area contributed by atoms with Gasteiger partial charge in [0.2, 0.25) is 0 Å². The molecular formula is C24H39FN6O. The van der Waals surface area contributed by atoms with Crippen LogP contribution >= 0.6 is 0 Å². The van der Waals surface area contributed by atoms with Gasteiger partial charge in [-0.25, -0.2) is 9.37 Å². The topological polar surface area (TPSA) is 65.0 Å². The summed E-state index contributed by atoms with van der Waals surface area (Å²) in [6.07, 6.45) is 9.05. The van der Waals surface area contributed by atoms with Crippen LogP contribution in [-0.4, -0.2) is 80.9 Å². The van der Waals surface area contributed by atoms with Crippen molar-refractivity contribution in [3.63, 3.8) is 0 Å². The number of nitrogens with zero attached hydrogens (tertiary/aromatic N) is 4. The predicted octanol–water partition coefficient (Wildman–Crippen LogP) is 2.64. The minimum absolute atomic E-state index is 0.232. The minimum Gasteiger partial charge on any atom is -0.379 e. The van der Waals surface area contributed by atoms with E-state index < -0.39 is 0 Å². The van der Waals surface area contributed by atoms with Crippen molar-refractivity contribution in [3.05, 3.63) is 24.1 Å². The number of hydrogen-bond acceptors (Lipinski definition) is 5. The van der Waals surface area contributed by atoms with Crippen molar-refractivity contribution in [2.45, 2.75) is 51.5 Å². The Morgan fingerprint density at radius 2 is 2.06 bits per heavy atom. The van der Waals surface area contributed by atoms with E-state index in [0.29, 0.717) is 5.82 Å². The van der Waals surface area contributed by atoms with E-state index in [-0.39, 0.29) is 17.3 Å². The van der Waals surface area contributed by atoms with Crippen LogP contribution in [0.4, 0.5) is 10.2 Å². The van der Waals surface area contributed by atoms with Gasteiger partial charge in [-0.3, -0.25) is 9.89 Å². The van der Waals surface area contributed by atoms with Gasteiger partial charge in [0.25, 0.3) is 0 Å². The Morgan fingerprint density at radius 1 is 1.25 bits per heavy atom. The van der Waals surface area contributed by atoms with Crippen molar-refractivity contribution in [1.82, 2.24) is 20.5 Å². The van der Waals surface area contributed by atoms with Crippen LogP contribution in [0.25, 0.3) is 0 Å². The molecule has 3 fully saturated rings. The molecule has 1 aromatic rings. The van der Waals surface area contributed by atoms with E-state index >= 15 is 0 Å². The molecule has 32 heavy (non-hydrogen) atoms. The highest BCUT2D eigenvalue weighted by atomic mass is 19.1. The molecule has 1 unspecified atom stereocenters. The molecule has 178 valence electrons. The second-order valence-electron chi connectivity index (χ2n) is 9.53. The first-order chi connectivity index (χ1) is 15.7. The molecule has 1 atom stereocenters. The first-order valence-corrected chi connectivity index (χ1v) is 12.4. The fourth-order valence-electron chi connectivity index (χ4n) is 5.34. The number of anilines is 1. The van der Waals surface area contributed by atoms with Gasteiger partial charge in [-0.05, 0) is 38.3 Å². The zero-order chi connectivity index (χ0) is 22.2. The van der Waals surface area contributed by atoms with Crippen molar-refractivity contribution < 1.29 is 9.13 Å². The Bertz CT molecular complexity index is 748. The van der Waals surface area contributed by atoms with Crippen LogP contribution in [0.1, 0.15) is 45.4 Å². The quantitative estimate of drug-likeness (QED) is 0.496. The zero-order valence-corrected chi connectivity index (χ0v) is 19.5. The normalized spacial score (nSPS) is 24.5. The molecule has 3 heterocycles. The summed E-state index contributed by atoms with van der Waals surface area (Å²) in [5, 5.41) is 7.04. The van der Waals surface area contributed by atoms with E-state index in [2.05, 4.69) is 27.4 Å². The lowest BCUT2D eigenvalue weighted by Crippen LogP contribution is -2.48. The summed E-state index contributed by atoms with van der Waals surface area (Å²) in [7, 11) is 0. The molecule has 0 aromatic carbocycles. The molecule has 2 aliphatic heterocycles.